The zero-order valence-electron chi connectivity index (χ0n) is 51.6. The Hall–Kier alpha value is -7.01. The minimum atomic E-state index is -1.91. The fourth-order valence-electron chi connectivity index (χ4n) is 15.4. The number of aliphatic hydroxyl groups is 3. The summed E-state index contributed by atoms with van der Waals surface area (Å²) in [5.74, 6) is -2.91. The van der Waals surface area contributed by atoms with Gasteiger partial charge in [0.05, 0.1) is 68.2 Å². The molecule has 2 aliphatic heterocycles. The number of nitrogens with zero attached hydrogens (tertiary/aromatic N) is 5. The zero-order valence-corrected chi connectivity index (χ0v) is 52.4. The summed E-state index contributed by atoms with van der Waals surface area (Å²) < 4.78 is 43.6. The molecule has 5 heterocycles. The highest BCUT2D eigenvalue weighted by Gasteiger charge is 2.66. The lowest BCUT2D eigenvalue weighted by molar-refractivity contribution is -0.271. The minimum Gasteiger partial charge on any atom is -0.479 e. The van der Waals surface area contributed by atoms with Crippen molar-refractivity contribution in [3.8, 4) is 16.9 Å². The van der Waals surface area contributed by atoms with E-state index in [0.717, 1.165) is 71.1 Å². The zero-order chi connectivity index (χ0) is 64.1. The number of carboxylic acids is 2. The van der Waals surface area contributed by atoms with Gasteiger partial charge in [-0.2, -0.15) is 5.10 Å². The maximum absolute atomic E-state index is 13.8. The van der Waals surface area contributed by atoms with E-state index in [1.807, 2.05) is 77.2 Å². The number of aliphatic carboxylic acids is 1. The number of benzene rings is 3. The van der Waals surface area contributed by atoms with E-state index in [1.165, 1.54) is 11.3 Å². The molecule has 3 aromatic heterocycles. The van der Waals surface area contributed by atoms with Crippen LogP contribution in [0.3, 0.4) is 0 Å². The van der Waals surface area contributed by atoms with E-state index < -0.39 is 54.2 Å². The van der Waals surface area contributed by atoms with Crippen LogP contribution >= 0.6 is 11.3 Å². The number of anilines is 2. The summed E-state index contributed by atoms with van der Waals surface area (Å²) in [6.07, 6.45) is 0.102. The first-order valence-corrected chi connectivity index (χ1v) is 32.0. The van der Waals surface area contributed by atoms with Crippen molar-refractivity contribution in [2.75, 3.05) is 82.6 Å². The molecular weight excluding hydrogens is 1190 g/mol. The van der Waals surface area contributed by atoms with E-state index in [4.69, 9.17) is 49.0 Å². The van der Waals surface area contributed by atoms with E-state index in [1.54, 1.807) is 18.3 Å². The van der Waals surface area contributed by atoms with Crippen LogP contribution < -0.4 is 26.0 Å². The van der Waals surface area contributed by atoms with Gasteiger partial charge in [-0.25, -0.2) is 19.6 Å². The topological polar surface area (TPSA) is 331 Å². The molecule has 9 N–H and O–H groups in total. The molecule has 2 unspecified atom stereocenters. The van der Waals surface area contributed by atoms with Crippen LogP contribution in [0.5, 0.6) is 5.75 Å². The van der Waals surface area contributed by atoms with E-state index in [2.05, 4.69) is 29.5 Å². The Bertz CT molecular complexity index is 3550. The van der Waals surface area contributed by atoms with Gasteiger partial charge in [-0.1, -0.05) is 61.6 Å². The van der Waals surface area contributed by atoms with Crippen molar-refractivity contribution in [1.29, 1.82) is 0 Å². The summed E-state index contributed by atoms with van der Waals surface area (Å²) in [6, 6.07) is 22.3. The van der Waals surface area contributed by atoms with Crippen LogP contribution in [0.1, 0.15) is 108 Å². The molecule has 4 aliphatic carbocycles. The standard InChI is InChI=1S/C66H82N8O16S/c1-40-46(44-15-16-51(71-53(44)59(80)81)73-20-17-42-9-6-10-45(47(42)31-73)58(79)72-62-70-48-11-4-5-12-50(48)91-62)29-69-74(40)39-65-34-63(2)33-64(3,35-65)37-66(36-63,38-65)88-23-19-68-30-52(75)87-32-43-14-13-41(8-7-21-84-24-26-86-27-25-85-22-18-67)28-49(43)89-61-56(78)54(76)55(77)57(90-61)60(82)83/h4-6,9-16,28-29,54-57,61,68,76-78H,7-8,17-27,30-39,67H2,1-3H3,(H,80,81)(H,82,83)(H,70,72,79)/t54-,55-,56+,57-,61+,63?,64?,65?,66?/m0/s1. The second-order valence-electron chi connectivity index (χ2n) is 25.8. The molecule has 4 bridgehead atoms. The molecule has 25 heteroatoms. The predicted molar refractivity (Wildman–Crippen MR) is 335 cm³/mol. The number of hydrogen-bond donors (Lipinski definition) is 8. The van der Waals surface area contributed by atoms with Gasteiger partial charge in [0.15, 0.2) is 16.9 Å². The van der Waals surface area contributed by atoms with Crippen molar-refractivity contribution in [3.63, 3.8) is 0 Å². The number of amides is 1. The number of ether oxygens (including phenoxy) is 7. The lowest BCUT2D eigenvalue weighted by Gasteiger charge is -2.69. The molecule has 7 atom stereocenters. The van der Waals surface area contributed by atoms with Crippen LogP contribution in [0.25, 0.3) is 21.3 Å². The van der Waals surface area contributed by atoms with E-state index in [9.17, 15) is 44.7 Å². The van der Waals surface area contributed by atoms with Crippen molar-refractivity contribution in [2.45, 2.75) is 135 Å². The van der Waals surface area contributed by atoms with Gasteiger partial charge in [-0.3, -0.25) is 19.6 Å². The van der Waals surface area contributed by atoms with Crippen LogP contribution in [0.4, 0.5) is 10.9 Å². The molecule has 1 saturated heterocycles. The van der Waals surface area contributed by atoms with Gasteiger partial charge < -0.3 is 74.6 Å². The molecule has 3 aromatic carbocycles. The number of aryl methyl sites for hydroxylation is 1. The van der Waals surface area contributed by atoms with E-state index in [-0.39, 0.29) is 46.7 Å². The molecule has 0 radical (unpaired) electrons. The Balaban J connectivity index is 0.693. The minimum absolute atomic E-state index is 0.0168. The Morgan fingerprint density at radius 1 is 0.813 bits per heavy atom. The molecule has 4 saturated carbocycles. The second kappa shape index (κ2) is 28.1. The predicted octanol–water partition coefficient (Wildman–Crippen LogP) is 6.06. The Morgan fingerprint density at radius 2 is 1.57 bits per heavy atom. The normalized spacial score (nSPS) is 25.8. The number of aliphatic hydroxyl groups excluding tert-OH is 3. The highest BCUT2D eigenvalue weighted by Crippen LogP contribution is 2.72. The Morgan fingerprint density at radius 3 is 2.32 bits per heavy atom. The number of carboxylic acid groups (broad SMARTS) is 2. The van der Waals surface area contributed by atoms with Gasteiger partial charge in [0.1, 0.15) is 36.5 Å². The molecule has 1 amide bonds. The first kappa shape index (κ1) is 65.5. The van der Waals surface area contributed by atoms with Gasteiger partial charge in [-0.05, 0) is 134 Å². The van der Waals surface area contributed by atoms with Gasteiger partial charge in [-0.15, -0.1) is 0 Å². The number of hydrogen-bond acceptors (Lipinski definition) is 21. The number of carbonyl (C=O) groups is 4. The number of thiazole rings is 1. The van der Waals surface area contributed by atoms with Crippen LogP contribution in [0.15, 0.2) is 79.0 Å². The third kappa shape index (κ3) is 15.1. The van der Waals surface area contributed by atoms with Gasteiger partial charge in [0, 0.05) is 67.3 Å². The number of esters is 1. The summed E-state index contributed by atoms with van der Waals surface area (Å²) in [4.78, 5) is 63.5. The monoisotopic (exact) mass is 1270 g/mol. The lowest BCUT2D eigenvalue weighted by atomic mass is 9.39. The molecule has 488 valence electrons. The molecule has 91 heavy (non-hydrogen) atoms. The molecule has 5 fully saturated rings. The molecule has 0 spiro atoms. The van der Waals surface area contributed by atoms with Gasteiger partial charge in [0.2, 0.25) is 6.29 Å². The number of carbonyl (C=O) groups excluding carboxylic acids is 2. The van der Waals surface area contributed by atoms with Crippen molar-refractivity contribution in [3.05, 3.63) is 118 Å². The Kier molecular flexibility index (Phi) is 20.2. The third-order valence-corrected chi connectivity index (χ3v) is 19.2. The Labute approximate surface area is 531 Å². The smallest absolute Gasteiger partial charge is 0.355 e. The number of pyridine rings is 1. The highest BCUT2D eigenvalue weighted by molar-refractivity contribution is 7.22. The lowest BCUT2D eigenvalue weighted by Crippen LogP contribution is -2.64. The van der Waals surface area contributed by atoms with Crippen LogP contribution in [0, 0.1) is 23.2 Å². The average Bonchev–Trinajstić information content (AvgIpc) is 0.829. The van der Waals surface area contributed by atoms with E-state index in [0.29, 0.717) is 131 Å². The maximum Gasteiger partial charge on any atom is 0.355 e. The van der Waals surface area contributed by atoms with E-state index >= 15 is 0 Å². The molecule has 12 rings (SSSR count). The first-order chi connectivity index (χ1) is 43.7. The SMILES string of the molecule is Cc1c(-c2ccc(N3CCc4cccc(C(=O)Nc5nc6ccccc6s5)c4C3)nc2C(=O)O)cnn1CC12CC3(C)CC(C)(C1)CC(OCCNCC(=O)OCc1ccc(CCCOCCOCCOCCN)cc1O[C@@H]1O[C@H](C(=O)O)[C@@H](O)[C@H](O)[C@H]1O)(C3)C2. The molecule has 6 aliphatic rings. The number of aromatic carboxylic acids is 1. The summed E-state index contributed by atoms with van der Waals surface area (Å²) >= 11 is 1.42. The molecule has 24 nitrogen and oxygen atoms in total. The fourth-order valence-corrected chi connectivity index (χ4v) is 16.3. The van der Waals surface area contributed by atoms with Crippen molar-refractivity contribution in [2.24, 2.45) is 22.0 Å². The first-order valence-electron chi connectivity index (χ1n) is 31.2. The highest BCUT2D eigenvalue weighted by atomic mass is 32.1. The third-order valence-electron chi connectivity index (χ3n) is 18.3. The van der Waals surface area contributed by atoms with Crippen molar-refractivity contribution in [1.82, 2.24) is 25.1 Å². The second-order valence-corrected chi connectivity index (χ2v) is 26.8. The quantitative estimate of drug-likeness (QED) is 0.0188. The number of rotatable bonds is 30. The fraction of sp³-hybridized carbons (Fsp3) is 0.530. The summed E-state index contributed by atoms with van der Waals surface area (Å²) in [7, 11) is 0. The largest absolute Gasteiger partial charge is 0.479 e. The maximum atomic E-state index is 13.8. The summed E-state index contributed by atoms with van der Waals surface area (Å²) in [6.45, 7) is 11.7. The van der Waals surface area contributed by atoms with Crippen molar-refractivity contribution < 1.29 is 77.9 Å². The van der Waals surface area contributed by atoms with Crippen LogP contribution in [-0.4, -0.2) is 178 Å². The average molecular weight is 1280 g/mol. The number of para-hydroxylation sites is 1. The summed E-state index contributed by atoms with van der Waals surface area (Å²) in [5.41, 5.74) is 11.3. The number of aromatic nitrogens is 4. The molecular formula is C66H82N8O16S. The summed E-state index contributed by atoms with van der Waals surface area (Å²) in [5, 5.41) is 63.6. The number of nitrogens with two attached hydrogens (primary N) is 1. The van der Waals surface area contributed by atoms with Crippen LogP contribution in [0.2, 0.25) is 0 Å². The van der Waals surface area contributed by atoms with Crippen LogP contribution in [-0.2, 0) is 70.5 Å². The van der Waals surface area contributed by atoms with Gasteiger partial charge >= 0.3 is 17.9 Å². The van der Waals surface area contributed by atoms with Gasteiger partial charge in [0.25, 0.3) is 5.91 Å². The number of fused-ring (bicyclic) bond motifs is 2. The van der Waals surface area contributed by atoms with Crippen molar-refractivity contribution >= 4 is 56.3 Å². The molecule has 6 aromatic rings. The number of nitrogens with one attached hydrogen (secondary N) is 2.